The number of carbonyl (C=O) groups is 2. The number of amides is 2. The van der Waals surface area contributed by atoms with Gasteiger partial charge >= 0.3 is 0 Å². The van der Waals surface area contributed by atoms with E-state index in [0.717, 1.165) is 3.57 Å². The van der Waals surface area contributed by atoms with E-state index < -0.39 is 0 Å². The molecule has 0 aromatic heterocycles. The van der Waals surface area contributed by atoms with Gasteiger partial charge in [0.1, 0.15) is 0 Å². The van der Waals surface area contributed by atoms with E-state index >= 15 is 0 Å². The summed E-state index contributed by atoms with van der Waals surface area (Å²) in [6.45, 7) is 0. The van der Waals surface area contributed by atoms with Crippen LogP contribution in [0.15, 0.2) is 78.9 Å². The van der Waals surface area contributed by atoms with Crippen LogP contribution in [0.25, 0.3) is 0 Å². The molecule has 0 radical (unpaired) electrons. The maximum Gasteiger partial charge on any atom is 0.257 e. The zero-order valence-electron chi connectivity index (χ0n) is 13.2. The van der Waals surface area contributed by atoms with Crippen LogP contribution >= 0.6 is 22.6 Å². The Hall–Kier alpha value is -2.67. The zero-order valence-corrected chi connectivity index (χ0v) is 15.4. The third kappa shape index (κ3) is 4.24. The fourth-order valence-corrected chi connectivity index (χ4v) is 2.98. The number of rotatable bonds is 4. The molecule has 0 aliphatic carbocycles. The summed E-state index contributed by atoms with van der Waals surface area (Å²) < 4.78 is 0.851. The minimum Gasteiger partial charge on any atom is -0.322 e. The van der Waals surface area contributed by atoms with E-state index in [1.54, 1.807) is 30.3 Å². The lowest BCUT2D eigenvalue weighted by Crippen LogP contribution is -2.18. The molecule has 0 heterocycles. The van der Waals surface area contributed by atoms with Gasteiger partial charge in [-0.25, -0.2) is 0 Å². The SMILES string of the molecule is O=C(Nc1ccccc1C(=O)Nc1ccccc1)c1ccccc1I. The summed E-state index contributed by atoms with van der Waals surface area (Å²) in [6.07, 6.45) is 0. The van der Waals surface area contributed by atoms with Gasteiger partial charge in [0.05, 0.1) is 16.8 Å². The minimum absolute atomic E-state index is 0.245. The smallest absolute Gasteiger partial charge is 0.257 e. The van der Waals surface area contributed by atoms with Crippen molar-refractivity contribution in [1.82, 2.24) is 0 Å². The molecule has 0 aliphatic rings. The highest BCUT2D eigenvalue weighted by atomic mass is 127. The number of halogens is 1. The molecule has 0 bridgehead atoms. The lowest BCUT2D eigenvalue weighted by atomic mass is 10.1. The summed E-state index contributed by atoms with van der Waals surface area (Å²) in [6, 6.07) is 23.5. The quantitative estimate of drug-likeness (QED) is 0.571. The maximum absolute atomic E-state index is 12.6. The average Bonchev–Trinajstić information content (AvgIpc) is 2.63. The second-order valence-corrected chi connectivity index (χ2v) is 6.46. The molecular formula is C20H15IN2O2. The average molecular weight is 442 g/mol. The van der Waals surface area contributed by atoms with Gasteiger partial charge in [-0.05, 0) is 59.0 Å². The second-order valence-electron chi connectivity index (χ2n) is 5.30. The lowest BCUT2D eigenvalue weighted by molar-refractivity contribution is 0.102. The molecule has 3 rings (SSSR count). The first-order valence-electron chi connectivity index (χ1n) is 7.66. The maximum atomic E-state index is 12.6. The molecule has 2 N–H and O–H groups in total. The summed E-state index contributed by atoms with van der Waals surface area (Å²) in [7, 11) is 0. The van der Waals surface area contributed by atoms with Gasteiger partial charge in [0.25, 0.3) is 11.8 Å². The largest absolute Gasteiger partial charge is 0.322 e. The van der Waals surface area contributed by atoms with E-state index in [1.807, 2.05) is 48.5 Å². The molecule has 0 spiro atoms. The van der Waals surface area contributed by atoms with Crippen molar-refractivity contribution in [1.29, 1.82) is 0 Å². The topological polar surface area (TPSA) is 58.2 Å². The Kier molecular flexibility index (Phi) is 5.45. The molecule has 4 nitrogen and oxygen atoms in total. The van der Waals surface area contributed by atoms with Crippen LogP contribution in [0.1, 0.15) is 20.7 Å². The van der Waals surface area contributed by atoms with Gasteiger partial charge < -0.3 is 10.6 Å². The number of para-hydroxylation sites is 2. The van der Waals surface area contributed by atoms with Crippen molar-refractivity contribution in [3.05, 3.63) is 93.6 Å². The fraction of sp³-hybridized carbons (Fsp3) is 0. The molecule has 0 aliphatic heterocycles. The molecule has 3 aromatic carbocycles. The molecule has 5 heteroatoms. The predicted molar refractivity (Wildman–Crippen MR) is 108 cm³/mol. The van der Waals surface area contributed by atoms with Crippen LogP contribution in [0.3, 0.4) is 0 Å². The van der Waals surface area contributed by atoms with Gasteiger partial charge in [0.15, 0.2) is 0 Å². The monoisotopic (exact) mass is 442 g/mol. The normalized spacial score (nSPS) is 10.1. The molecule has 0 saturated heterocycles. The number of nitrogens with one attached hydrogen (secondary N) is 2. The molecule has 0 atom stereocenters. The van der Waals surface area contributed by atoms with Crippen molar-refractivity contribution in [2.24, 2.45) is 0 Å². The molecule has 0 fully saturated rings. The van der Waals surface area contributed by atoms with Crippen LogP contribution in [-0.2, 0) is 0 Å². The highest BCUT2D eigenvalue weighted by Gasteiger charge is 2.15. The summed E-state index contributed by atoms with van der Waals surface area (Å²) in [5.41, 5.74) is 2.15. The van der Waals surface area contributed by atoms with E-state index in [9.17, 15) is 9.59 Å². The molecule has 25 heavy (non-hydrogen) atoms. The van der Waals surface area contributed by atoms with Gasteiger partial charge in [-0.1, -0.05) is 42.5 Å². The Morgan fingerprint density at radius 3 is 1.92 bits per heavy atom. The highest BCUT2D eigenvalue weighted by Crippen LogP contribution is 2.20. The first-order valence-corrected chi connectivity index (χ1v) is 8.74. The van der Waals surface area contributed by atoms with E-state index in [1.165, 1.54) is 0 Å². The lowest BCUT2D eigenvalue weighted by Gasteiger charge is -2.12. The van der Waals surface area contributed by atoms with Crippen molar-refractivity contribution in [2.75, 3.05) is 10.6 Å². The van der Waals surface area contributed by atoms with Crippen LogP contribution in [0, 0.1) is 3.57 Å². The van der Waals surface area contributed by atoms with E-state index in [0.29, 0.717) is 22.5 Å². The number of carbonyl (C=O) groups excluding carboxylic acids is 2. The summed E-state index contributed by atoms with van der Waals surface area (Å²) >= 11 is 2.12. The number of hydrogen-bond donors (Lipinski definition) is 2. The van der Waals surface area contributed by atoms with Crippen molar-refractivity contribution >= 4 is 45.8 Å². The van der Waals surface area contributed by atoms with Crippen molar-refractivity contribution in [2.45, 2.75) is 0 Å². The van der Waals surface area contributed by atoms with Crippen LogP contribution in [0.4, 0.5) is 11.4 Å². The van der Waals surface area contributed by atoms with Crippen LogP contribution in [0.5, 0.6) is 0 Å². The van der Waals surface area contributed by atoms with Crippen molar-refractivity contribution in [3.63, 3.8) is 0 Å². The second kappa shape index (κ2) is 7.94. The van der Waals surface area contributed by atoms with Gasteiger partial charge in [0, 0.05) is 9.26 Å². The standard InChI is InChI=1S/C20H15IN2O2/c21-17-12-6-4-10-15(17)19(24)23-18-13-7-5-11-16(18)20(25)22-14-8-2-1-3-9-14/h1-13H,(H,22,25)(H,23,24). The predicted octanol–water partition coefficient (Wildman–Crippen LogP) is 4.80. The highest BCUT2D eigenvalue weighted by molar-refractivity contribution is 14.1. The van der Waals surface area contributed by atoms with Crippen LogP contribution in [0.2, 0.25) is 0 Å². The van der Waals surface area contributed by atoms with Crippen molar-refractivity contribution in [3.8, 4) is 0 Å². The van der Waals surface area contributed by atoms with E-state index in [-0.39, 0.29) is 11.8 Å². The van der Waals surface area contributed by atoms with Crippen LogP contribution in [-0.4, -0.2) is 11.8 Å². The minimum atomic E-state index is -0.273. The molecule has 0 saturated carbocycles. The summed E-state index contributed by atoms with van der Waals surface area (Å²) in [5, 5.41) is 5.66. The molecule has 3 aromatic rings. The summed E-state index contributed by atoms with van der Waals surface area (Å²) in [5.74, 6) is -0.519. The first-order chi connectivity index (χ1) is 12.1. The third-order valence-corrected chi connectivity index (χ3v) is 4.51. The van der Waals surface area contributed by atoms with Gasteiger partial charge in [-0.15, -0.1) is 0 Å². The number of hydrogen-bond acceptors (Lipinski definition) is 2. The first kappa shape index (κ1) is 17.2. The van der Waals surface area contributed by atoms with Crippen molar-refractivity contribution < 1.29 is 9.59 Å². The fourth-order valence-electron chi connectivity index (χ4n) is 2.35. The summed E-state index contributed by atoms with van der Waals surface area (Å²) in [4.78, 5) is 25.1. The Bertz CT molecular complexity index is 910. The Balaban J connectivity index is 1.82. The molecule has 2 amide bonds. The Morgan fingerprint density at radius 1 is 0.640 bits per heavy atom. The van der Waals surface area contributed by atoms with Gasteiger partial charge in [-0.3, -0.25) is 9.59 Å². The van der Waals surface area contributed by atoms with E-state index in [2.05, 4.69) is 33.2 Å². The molecular weight excluding hydrogens is 427 g/mol. The third-order valence-electron chi connectivity index (χ3n) is 3.57. The molecule has 0 unspecified atom stereocenters. The Morgan fingerprint density at radius 2 is 1.20 bits per heavy atom. The van der Waals surface area contributed by atoms with E-state index in [4.69, 9.17) is 0 Å². The number of benzene rings is 3. The van der Waals surface area contributed by atoms with Gasteiger partial charge in [-0.2, -0.15) is 0 Å². The van der Waals surface area contributed by atoms with Crippen LogP contribution < -0.4 is 10.6 Å². The Labute approximate surface area is 159 Å². The number of anilines is 2. The molecule has 124 valence electrons. The zero-order chi connectivity index (χ0) is 17.6. The van der Waals surface area contributed by atoms with Gasteiger partial charge in [0.2, 0.25) is 0 Å².